The lowest BCUT2D eigenvalue weighted by molar-refractivity contribution is 0.551. The van der Waals surface area contributed by atoms with Crippen molar-refractivity contribution in [3.05, 3.63) is 22.4 Å². The van der Waals surface area contributed by atoms with Crippen molar-refractivity contribution in [2.45, 2.75) is 32.4 Å². The summed E-state index contributed by atoms with van der Waals surface area (Å²) in [6.07, 6.45) is 2.14. The van der Waals surface area contributed by atoms with Gasteiger partial charge < -0.3 is 11.1 Å². The van der Waals surface area contributed by atoms with Crippen LogP contribution in [0.15, 0.2) is 17.5 Å². The van der Waals surface area contributed by atoms with Gasteiger partial charge in [-0.05, 0) is 30.8 Å². The predicted octanol–water partition coefficient (Wildman–Crippen LogP) is 1.97. The molecule has 1 unspecified atom stereocenters. The standard InChI is InChI=1S/C10H18N2S/c1-2-9(11)5-6-12-8-10-4-3-7-13-10/h3-4,7,9,12H,2,5-6,8,11H2,1H3. The maximum atomic E-state index is 5.80. The van der Waals surface area contributed by atoms with Crippen LogP contribution in [0.5, 0.6) is 0 Å². The quantitative estimate of drug-likeness (QED) is 0.686. The molecule has 1 rings (SSSR count). The van der Waals surface area contributed by atoms with Crippen molar-refractivity contribution in [2.24, 2.45) is 5.73 Å². The number of nitrogens with one attached hydrogen (secondary N) is 1. The van der Waals surface area contributed by atoms with Gasteiger partial charge >= 0.3 is 0 Å². The molecule has 0 bridgehead atoms. The van der Waals surface area contributed by atoms with Crippen LogP contribution in [-0.2, 0) is 6.54 Å². The van der Waals surface area contributed by atoms with Crippen molar-refractivity contribution in [1.82, 2.24) is 5.32 Å². The third kappa shape index (κ3) is 4.41. The Balaban J connectivity index is 2.02. The highest BCUT2D eigenvalue weighted by Gasteiger charge is 1.98. The Kier molecular flexibility index (Phi) is 5.05. The number of hydrogen-bond donors (Lipinski definition) is 2. The van der Waals surface area contributed by atoms with Crippen molar-refractivity contribution in [3.8, 4) is 0 Å². The molecular formula is C10H18N2S. The first-order valence-corrected chi connectivity index (χ1v) is 5.69. The zero-order chi connectivity index (χ0) is 9.52. The molecule has 3 N–H and O–H groups in total. The molecule has 1 heterocycles. The number of thiophene rings is 1. The zero-order valence-corrected chi connectivity index (χ0v) is 8.94. The topological polar surface area (TPSA) is 38.0 Å². The average Bonchev–Trinajstić information content (AvgIpc) is 2.64. The summed E-state index contributed by atoms with van der Waals surface area (Å²) < 4.78 is 0. The van der Waals surface area contributed by atoms with E-state index in [2.05, 4.69) is 29.8 Å². The molecule has 1 atom stereocenters. The second-order valence-corrected chi connectivity index (χ2v) is 4.25. The maximum absolute atomic E-state index is 5.80. The van der Waals surface area contributed by atoms with E-state index >= 15 is 0 Å². The molecule has 0 spiro atoms. The van der Waals surface area contributed by atoms with Crippen molar-refractivity contribution >= 4 is 11.3 Å². The van der Waals surface area contributed by atoms with Crippen molar-refractivity contribution < 1.29 is 0 Å². The molecule has 0 radical (unpaired) electrons. The zero-order valence-electron chi connectivity index (χ0n) is 8.12. The highest BCUT2D eigenvalue weighted by molar-refractivity contribution is 7.09. The minimum atomic E-state index is 0.357. The van der Waals surface area contributed by atoms with E-state index in [0.29, 0.717) is 6.04 Å². The molecule has 0 aromatic carbocycles. The van der Waals surface area contributed by atoms with Crippen molar-refractivity contribution in [2.75, 3.05) is 6.54 Å². The average molecular weight is 198 g/mol. The largest absolute Gasteiger partial charge is 0.328 e. The summed E-state index contributed by atoms with van der Waals surface area (Å²) in [4.78, 5) is 1.39. The van der Waals surface area contributed by atoms with E-state index < -0.39 is 0 Å². The van der Waals surface area contributed by atoms with Crippen molar-refractivity contribution in [3.63, 3.8) is 0 Å². The molecule has 0 aliphatic heterocycles. The minimum absolute atomic E-state index is 0.357. The van der Waals surface area contributed by atoms with Gasteiger partial charge in [-0.3, -0.25) is 0 Å². The van der Waals surface area contributed by atoms with Gasteiger partial charge in [-0.25, -0.2) is 0 Å². The van der Waals surface area contributed by atoms with Gasteiger partial charge in [0.15, 0.2) is 0 Å². The number of nitrogens with two attached hydrogens (primary N) is 1. The summed E-state index contributed by atoms with van der Waals surface area (Å²) in [5.74, 6) is 0. The van der Waals surface area contributed by atoms with E-state index in [9.17, 15) is 0 Å². The van der Waals surface area contributed by atoms with E-state index in [1.807, 2.05) is 0 Å². The second kappa shape index (κ2) is 6.13. The lowest BCUT2D eigenvalue weighted by Crippen LogP contribution is -2.25. The monoisotopic (exact) mass is 198 g/mol. The van der Waals surface area contributed by atoms with E-state index in [1.54, 1.807) is 11.3 Å². The Morgan fingerprint density at radius 3 is 3.08 bits per heavy atom. The van der Waals surface area contributed by atoms with Crippen LogP contribution in [0.1, 0.15) is 24.6 Å². The first-order valence-electron chi connectivity index (χ1n) is 4.81. The van der Waals surface area contributed by atoms with E-state index in [-0.39, 0.29) is 0 Å². The molecular weight excluding hydrogens is 180 g/mol. The molecule has 0 fully saturated rings. The second-order valence-electron chi connectivity index (χ2n) is 3.21. The molecule has 1 aromatic rings. The van der Waals surface area contributed by atoms with Gasteiger partial charge in [0.2, 0.25) is 0 Å². The van der Waals surface area contributed by atoms with Crippen LogP contribution < -0.4 is 11.1 Å². The summed E-state index contributed by atoms with van der Waals surface area (Å²) in [5, 5.41) is 5.49. The first kappa shape index (κ1) is 10.7. The maximum Gasteiger partial charge on any atom is 0.0299 e. The fourth-order valence-corrected chi connectivity index (χ4v) is 1.79. The van der Waals surface area contributed by atoms with Gasteiger partial charge in [0.05, 0.1) is 0 Å². The summed E-state index contributed by atoms with van der Waals surface area (Å²) in [7, 11) is 0. The van der Waals surface area contributed by atoms with Crippen molar-refractivity contribution in [1.29, 1.82) is 0 Å². The Morgan fingerprint density at radius 2 is 2.46 bits per heavy atom. The third-order valence-corrected chi connectivity index (χ3v) is 2.97. The molecule has 2 nitrogen and oxygen atoms in total. The lowest BCUT2D eigenvalue weighted by atomic mass is 10.2. The minimum Gasteiger partial charge on any atom is -0.328 e. The molecule has 0 saturated carbocycles. The summed E-state index contributed by atoms with van der Waals surface area (Å²) in [5.41, 5.74) is 5.80. The Bertz CT molecular complexity index is 209. The highest BCUT2D eigenvalue weighted by Crippen LogP contribution is 2.07. The lowest BCUT2D eigenvalue weighted by Gasteiger charge is -2.08. The van der Waals surface area contributed by atoms with Gasteiger partial charge in [-0.15, -0.1) is 11.3 Å². The van der Waals surface area contributed by atoms with E-state index in [1.165, 1.54) is 4.88 Å². The first-order chi connectivity index (χ1) is 6.33. The Labute approximate surface area is 84.2 Å². The summed E-state index contributed by atoms with van der Waals surface area (Å²) in [6.45, 7) is 4.13. The smallest absolute Gasteiger partial charge is 0.0299 e. The Hall–Kier alpha value is -0.380. The SMILES string of the molecule is CCC(N)CCNCc1cccs1. The van der Waals surface area contributed by atoms with Crippen LogP contribution in [0.2, 0.25) is 0 Å². The Morgan fingerprint density at radius 1 is 1.62 bits per heavy atom. The molecule has 13 heavy (non-hydrogen) atoms. The molecule has 3 heteroatoms. The highest BCUT2D eigenvalue weighted by atomic mass is 32.1. The van der Waals surface area contributed by atoms with Crippen LogP contribution >= 0.6 is 11.3 Å². The fourth-order valence-electron chi connectivity index (χ4n) is 1.12. The van der Waals surface area contributed by atoms with Gasteiger partial charge in [0.1, 0.15) is 0 Å². The fraction of sp³-hybridized carbons (Fsp3) is 0.600. The predicted molar refractivity (Wildman–Crippen MR) is 58.9 cm³/mol. The molecule has 0 aliphatic carbocycles. The van der Waals surface area contributed by atoms with Gasteiger partial charge in [-0.1, -0.05) is 13.0 Å². The number of hydrogen-bond acceptors (Lipinski definition) is 3. The van der Waals surface area contributed by atoms with Gasteiger partial charge in [0.25, 0.3) is 0 Å². The molecule has 1 aromatic heterocycles. The van der Waals surface area contributed by atoms with Crippen LogP contribution in [0.4, 0.5) is 0 Å². The van der Waals surface area contributed by atoms with E-state index in [4.69, 9.17) is 5.73 Å². The number of rotatable bonds is 6. The normalized spacial score (nSPS) is 13.1. The molecule has 0 amide bonds. The summed E-state index contributed by atoms with van der Waals surface area (Å²) in [6, 6.07) is 4.59. The van der Waals surface area contributed by atoms with Crippen LogP contribution in [0.3, 0.4) is 0 Å². The molecule has 74 valence electrons. The third-order valence-electron chi connectivity index (χ3n) is 2.10. The van der Waals surface area contributed by atoms with E-state index in [0.717, 1.165) is 25.9 Å². The van der Waals surface area contributed by atoms with Crippen LogP contribution in [-0.4, -0.2) is 12.6 Å². The van der Waals surface area contributed by atoms with Crippen LogP contribution in [0.25, 0.3) is 0 Å². The van der Waals surface area contributed by atoms with Crippen LogP contribution in [0, 0.1) is 0 Å². The molecule has 0 aliphatic rings. The van der Waals surface area contributed by atoms with Gasteiger partial charge in [0, 0.05) is 17.5 Å². The summed E-state index contributed by atoms with van der Waals surface area (Å²) >= 11 is 1.79. The molecule has 0 saturated heterocycles. The van der Waals surface area contributed by atoms with Gasteiger partial charge in [-0.2, -0.15) is 0 Å².